The molecular formula is C40H68N14O18. The number of hydrogen-bond donors (Lipinski definition) is 18. The Morgan fingerprint density at radius 1 is 0.833 bits per heavy atom. The van der Waals surface area contributed by atoms with E-state index in [9.17, 15) is 88.7 Å². The highest BCUT2D eigenvalue weighted by Gasteiger charge is 2.39. The molecule has 11 atom stereocenters. The second-order valence-corrected chi connectivity index (χ2v) is 16.5. The Balaban J connectivity index is 3.19. The van der Waals surface area contributed by atoms with Gasteiger partial charge in [-0.15, -0.1) is 0 Å². The predicted octanol–water partition coefficient (Wildman–Crippen LogP) is -9.11. The van der Waals surface area contributed by atoms with Gasteiger partial charge in [0.25, 0.3) is 11.8 Å². The topological polar surface area (TPSA) is 523 Å². The van der Waals surface area contributed by atoms with Crippen molar-refractivity contribution in [1.29, 1.82) is 0 Å². The first kappa shape index (κ1) is 62.9. The lowest BCUT2D eigenvalue weighted by Gasteiger charge is -2.30. The number of piperidine rings is 1. The maximum atomic E-state index is 13.6. The number of hydroxylamine groups is 4. The maximum absolute atomic E-state index is 13.6. The van der Waals surface area contributed by atoms with Crippen LogP contribution in [0.15, 0.2) is 16.8 Å². The van der Waals surface area contributed by atoms with Gasteiger partial charge in [0.05, 0.1) is 31.3 Å². The number of hydrogen-bond acceptors (Lipinski definition) is 19. The fourth-order valence-electron chi connectivity index (χ4n) is 6.50. The number of nitrogens with two attached hydrogens (primary N) is 3. The lowest BCUT2D eigenvalue weighted by molar-refractivity contribution is -0.173. The van der Waals surface area contributed by atoms with Crippen LogP contribution in [0.25, 0.3) is 0 Å². The summed E-state index contributed by atoms with van der Waals surface area (Å²) in [6, 6.07) is -11.2. The van der Waals surface area contributed by atoms with Crippen LogP contribution in [0, 0.1) is 5.92 Å². The Hall–Kier alpha value is -7.10. The molecule has 0 aliphatic carbocycles. The van der Waals surface area contributed by atoms with E-state index in [2.05, 4.69) is 36.9 Å². The molecule has 72 heavy (non-hydrogen) atoms. The molecule has 0 spiro atoms. The van der Waals surface area contributed by atoms with Crippen molar-refractivity contribution < 1.29 is 88.7 Å². The molecule has 1 rings (SSSR count). The molecule has 21 N–H and O–H groups in total. The van der Waals surface area contributed by atoms with Gasteiger partial charge in [0, 0.05) is 25.7 Å². The van der Waals surface area contributed by atoms with E-state index >= 15 is 0 Å². The van der Waals surface area contributed by atoms with Crippen LogP contribution in [0.3, 0.4) is 0 Å². The van der Waals surface area contributed by atoms with E-state index in [1.807, 2.05) is 10.6 Å². The van der Waals surface area contributed by atoms with Crippen LogP contribution in [0.2, 0.25) is 0 Å². The van der Waals surface area contributed by atoms with E-state index in [4.69, 9.17) is 17.2 Å². The molecule has 32 nitrogen and oxygen atoms in total. The van der Waals surface area contributed by atoms with E-state index in [0.717, 1.165) is 13.0 Å². The monoisotopic (exact) mass is 1030 g/mol. The number of carbonyl (C=O) groups is 11. The zero-order valence-electron chi connectivity index (χ0n) is 40.0. The van der Waals surface area contributed by atoms with E-state index in [1.165, 1.54) is 20.8 Å². The number of aliphatic carboxylic acids is 1. The van der Waals surface area contributed by atoms with Crippen LogP contribution in [-0.2, 0) is 52.7 Å². The Kier molecular flexibility index (Phi) is 27.3. The highest BCUT2D eigenvalue weighted by Crippen LogP contribution is 2.12. The van der Waals surface area contributed by atoms with Gasteiger partial charge < -0.3 is 85.3 Å². The normalized spacial score (nSPS) is 17.8. The highest BCUT2D eigenvalue weighted by molar-refractivity contribution is 6.02. The smallest absolute Gasteiger partial charge is 0.335 e. The quantitative estimate of drug-likeness (QED) is 0.00583. The molecule has 0 bridgehead atoms. The van der Waals surface area contributed by atoms with Gasteiger partial charge in [-0.1, -0.05) is 13.0 Å². The molecule has 1 aliphatic heterocycles. The molecule has 1 saturated heterocycles. The van der Waals surface area contributed by atoms with E-state index < -0.39 is 145 Å². The van der Waals surface area contributed by atoms with E-state index in [-0.39, 0.29) is 69.2 Å². The van der Waals surface area contributed by atoms with Crippen molar-refractivity contribution in [3.63, 3.8) is 0 Å². The summed E-state index contributed by atoms with van der Waals surface area (Å²) in [5, 5.41) is 87.8. The summed E-state index contributed by atoms with van der Waals surface area (Å²) in [4.78, 5) is 145. The second kappa shape index (κ2) is 31.3. The number of aliphatic imine (C=N–C) groups is 1. The Morgan fingerprint density at radius 3 is 1.97 bits per heavy atom. The molecule has 1 heterocycles. The first-order valence-electron chi connectivity index (χ1n) is 22.4. The fraction of sp³-hybridized carbons (Fsp3) is 0.650. The van der Waals surface area contributed by atoms with Crippen LogP contribution < -0.4 is 59.7 Å². The fourth-order valence-corrected chi connectivity index (χ4v) is 6.50. The van der Waals surface area contributed by atoms with Crippen LogP contribution in [0.4, 0.5) is 0 Å². The minimum atomic E-state index is -2.60. The molecule has 0 saturated carbocycles. The number of amides is 10. The molecule has 406 valence electrons. The van der Waals surface area contributed by atoms with Gasteiger partial charge in [-0.3, -0.25) is 63.4 Å². The van der Waals surface area contributed by atoms with E-state index in [0.29, 0.717) is 11.5 Å². The average molecular weight is 1030 g/mol. The standard InChI is InChI=1S/C40H68N14O18/c1-5-21(46-26(58)15-45-36(66)27(20(4)57)51-37(67)28(30(60)39(69)70)52-31(61)18(2)29(59)19(3)41)32(62)47-23(10-7-13-53(71)17-56)34(64)50-25(16-55)35(65)48-22(9-6-12-44-40(42)43)33(63)49-24-11-8-14-54(72)38(24)68/h5,17-20,22-25,27-30,55,57,59-60,71-72H,6-16,41H2,1-4H3,(H,45,66)(H,46,58)(H,47,62)(H,48,65)(H,49,63)(H,50,64)(H,51,67)(H,52,61)(H,69,70)(H4,42,43,44)/b21-5+. The number of carbonyl (C=O) groups excluding carboxylic acids is 10. The Morgan fingerprint density at radius 2 is 1.42 bits per heavy atom. The first-order chi connectivity index (χ1) is 33.7. The molecule has 0 aromatic carbocycles. The molecular weight excluding hydrogens is 965 g/mol. The van der Waals surface area contributed by atoms with E-state index in [1.54, 1.807) is 0 Å². The zero-order chi connectivity index (χ0) is 55.0. The number of rotatable bonds is 31. The molecule has 1 aliphatic rings. The maximum Gasteiger partial charge on any atom is 0.335 e. The molecule has 0 aromatic rings. The number of carboxylic acids is 1. The molecule has 0 aromatic heterocycles. The summed E-state index contributed by atoms with van der Waals surface area (Å²) in [5.41, 5.74) is 15.8. The summed E-state index contributed by atoms with van der Waals surface area (Å²) < 4.78 is 0. The minimum Gasteiger partial charge on any atom is -0.479 e. The number of nitrogens with one attached hydrogen (secondary N) is 8. The minimum absolute atomic E-state index is 0.00921. The largest absolute Gasteiger partial charge is 0.479 e. The van der Waals surface area contributed by atoms with Crippen molar-refractivity contribution >= 4 is 71.5 Å². The average Bonchev–Trinajstić information content (AvgIpc) is 3.32. The Bertz CT molecular complexity index is 1990. The number of allylic oxidation sites excluding steroid dienone is 1. The first-order valence-corrected chi connectivity index (χ1v) is 22.4. The summed E-state index contributed by atoms with van der Waals surface area (Å²) in [6.45, 7) is 2.48. The van der Waals surface area contributed by atoms with Crippen molar-refractivity contribution in [3.05, 3.63) is 11.8 Å². The molecule has 0 radical (unpaired) electrons. The van der Waals surface area contributed by atoms with Gasteiger partial charge in [0.2, 0.25) is 47.8 Å². The van der Waals surface area contributed by atoms with Crippen molar-refractivity contribution in [2.75, 3.05) is 32.8 Å². The summed E-state index contributed by atoms with van der Waals surface area (Å²) in [5.74, 6) is -13.6. The second-order valence-electron chi connectivity index (χ2n) is 16.5. The van der Waals surface area contributed by atoms with Crippen LogP contribution in [-0.4, -0.2) is 211 Å². The lowest BCUT2D eigenvalue weighted by atomic mass is 9.97. The van der Waals surface area contributed by atoms with Crippen molar-refractivity contribution in [2.24, 2.45) is 28.1 Å². The van der Waals surface area contributed by atoms with Crippen molar-refractivity contribution in [2.45, 2.75) is 127 Å². The molecule has 11 unspecified atom stereocenters. The van der Waals surface area contributed by atoms with Gasteiger partial charge in [0.1, 0.15) is 41.9 Å². The van der Waals surface area contributed by atoms with Crippen LogP contribution in [0.5, 0.6) is 0 Å². The number of carboxylic acid groups (broad SMARTS) is 1. The van der Waals surface area contributed by atoms with Crippen LogP contribution >= 0.6 is 0 Å². The zero-order valence-corrected chi connectivity index (χ0v) is 40.0. The predicted molar refractivity (Wildman–Crippen MR) is 244 cm³/mol. The van der Waals surface area contributed by atoms with Gasteiger partial charge >= 0.3 is 5.97 Å². The van der Waals surface area contributed by atoms with Gasteiger partial charge in [-0.25, -0.2) is 14.9 Å². The van der Waals surface area contributed by atoms with Gasteiger partial charge in [0.15, 0.2) is 12.1 Å². The van der Waals surface area contributed by atoms with Crippen molar-refractivity contribution in [3.8, 4) is 0 Å². The third-order valence-corrected chi connectivity index (χ3v) is 10.7. The number of guanidine groups is 1. The summed E-state index contributed by atoms with van der Waals surface area (Å²) >= 11 is 0. The third kappa shape index (κ3) is 21.1. The third-order valence-electron chi connectivity index (χ3n) is 10.7. The number of aliphatic hydroxyl groups is 4. The lowest BCUT2D eigenvalue weighted by Crippen LogP contribution is -2.62. The summed E-state index contributed by atoms with van der Waals surface area (Å²) in [7, 11) is 0. The number of nitrogens with zero attached hydrogens (tertiary/aromatic N) is 3. The molecule has 10 amide bonds. The molecule has 1 fully saturated rings. The van der Waals surface area contributed by atoms with Gasteiger partial charge in [-0.2, -0.15) is 0 Å². The summed E-state index contributed by atoms with van der Waals surface area (Å²) in [6.07, 6.45) is -4.75. The SMILES string of the molecule is C/C=C(/NC(=O)CNC(=O)C(NC(=O)C(NC(=O)C(C)C(O)C(C)N)C(O)C(=O)O)C(C)O)C(=O)NC(CCCN(O)C=O)C(=O)NC(CO)C(=O)NC(CCCN=C(N)N)C(=O)NC1CCCN(O)C1=O. The molecule has 32 heteroatoms. The highest BCUT2D eigenvalue weighted by atomic mass is 16.5. The van der Waals surface area contributed by atoms with Crippen molar-refractivity contribution in [1.82, 2.24) is 52.7 Å². The van der Waals surface area contributed by atoms with Crippen LogP contribution in [0.1, 0.15) is 66.2 Å². The Labute approximate surface area is 411 Å². The number of aliphatic hydroxyl groups excluding tert-OH is 4. The van der Waals surface area contributed by atoms with Gasteiger partial charge in [-0.05, 0) is 59.3 Å².